The molecule has 64 heavy (non-hydrogen) atoms. The minimum atomic E-state index is -0.574. The summed E-state index contributed by atoms with van der Waals surface area (Å²) < 4.78 is 17.4. The van der Waals surface area contributed by atoms with Gasteiger partial charge in [-0.3, -0.25) is 9.59 Å². The van der Waals surface area contributed by atoms with Gasteiger partial charge in [0.25, 0.3) is 0 Å². The average molecular weight is 889 g/mol. The minimum Gasteiger partial charge on any atom is -0.462 e. The average Bonchev–Trinajstić information content (AvgIpc) is 3.30. The Morgan fingerprint density at radius 3 is 1.22 bits per heavy atom. The maximum Gasteiger partial charge on any atom is 0.306 e. The molecule has 0 radical (unpaired) electrons. The Kier molecular flexibility index (Phi) is 51.5. The predicted octanol–water partition coefficient (Wildman–Crippen LogP) is 18.2. The molecule has 5 heteroatoms. The molecule has 0 heterocycles. The van der Waals surface area contributed by atoms with Crippen molar-refractivity contribution >= 4 is 11.9 Å². The smallest absolute Gasteiger partial charge is 0.306 e. The molecule has 0 rings (SSSR count). The molecule has 0 spiro atoms. The van der Waals surface area contributed by atoms with Gasteiger partial charge in [-0.05, 0) is 116 Å². The summed E-state index contributed by atoms with van der Waals surface area (Å²) >= 11 is 0. The number of carbonyl (C=O) groups is 2. The first-order chi connectivity index (χ1) is 31.6. The molecule has 0 aromatic rings. The lowest BCUT2D eigenvalue weighted by Gasteiger charge is -2.18. The molecule has 0 aliphatic carbocycles. The Morgan fingerprint density at radius 2 is 0.719 bits per heavy atom. The summed E-state index contributed by atoms with van der Waals surface area (Å²) in [6, 6.07) is 0. The van der Waals surface area contributed by atoms with Crippen molar-refractivity contribution in [1.82, 2.24) is 0 Å². The van der Waals surface area contributed by atoms with E-state index in [1.807, 2.05) is 0 Å². The highest BCUT2D eigenvalue weighted by Crippen LogP contribution is 2.13. The second-order valence-electron chi connectivity index (χ2n) is 17.4. The fraction of sp³-hybridized carbons (Fsp3) is 0.695. The van der Waals surface area contributed by atoms with E-state index in [0.717, 1.165) is 89.9 Å². The molecule has 0 N–H and O–H groups in total. The quantitative estimate of drug-likeness (QED) is 0.0346. The number of hydrogen-bond donors (Lipinski definition) is 0. The Hall–Kier alpha value is -3.18. The molecular weight excluding hydrogens is 789 g/mol. The zero-order valence-electron chi connectivity index (χ0n) is 42.0. The summed E-state index contributed by atoms with van der Waals surface area (Å²) in [5.74, 6) is -0.481. The lowest BCUT2D eigenvalue weighted by molar-refractivity contribution is -0.163. The van der Waals surface area contributed by atoms with Crippen molar-refractivity contribution in [3.05, 3.63) is 97.2 Å². The van der Waals surface area contributed by atoms with Crippen LogP contribution in [0.2, 0.25) is 0 Å². The lowest BCUT2D eigenvalue weighted by atomic mass is 10.1. The highest BCUT2D eigenvalue weighted by atomic mass is 16.6. The first-order valence-electron chi connectivity index (χ1n) is 26.8. The van der Waals surface area contributed by atoms with Crippen molar-refractivity contribution in [1.29, 1.82) is 0 Å². The van der Waals surface area contributed by atoms with E-state index in [1.54, 1.807) is 0 Å². The molecule has 0 aliphatic heterocycles. The zero-order chi connectivity index (χ0) is 46.3. The van der Waals surface area contributed by atoms with E-state index in [9.17, 15) is 9.59 Å². The van der Waals surface area contributed by atoms with Gasteiger partial charge in [-0.15, -0.1) is 0 Å². The highest BCUT2D eigenvalue weighted by molar-refractivity contribution is 5.70. The molecule has 1 atom stereocenters. The number of carbonyl (C=O) groups excluding carboxylic acids is 2. The normalized spacial score (nSPS) is 13.0. The standard InChI is InChI=1S/C59H100O5/c1-4-7-10-13-16-19-22-25-28-30-32-34-37-40-43-46-49-52-58(60)63-56-57(55-62-54-51-48-45-42-39-36-33-29-26-23-20-17-14-11-8-5-2)64-59(61)53-50-47-44-41-38-35-31-27-24-21-18-15-12-9-6-3/h7,10,16-17,19-20,25-29,31-32,34,40,43,57H,4-6,8-9,11-15,18,21-24,30,33,35-39,41-42,44-56H2,1-3H3/b10-7-,19-16-,20-17-,28-25-,29-26-,31-27-,34-32-,43-40-. The molecule has 0 fully saturated rings. The fourth-order valence-corrected chi connectivity index (χ4v) is 7.10. The summed E-state index contributed by atoms with van der Waals surface area (Å²) in [4.78, 5) is 25.4. The minimum absolute atomic E-state index is 0.0440. The van der Waals surface area contributed by atoms with Crippen LogP contribution in [0.25, 0.3) is 0 Å². The van der Waals surface area contributed by atoms with Gasteiger partial charge in [0.1, 0.15) is 6.61 Å². The Bertz CT molecular complexity index is 1230. The molecule has 0 saturated carbocycles. The van der Waals surface area contributed by atoms with Gasteiger partial charge in [-0.25, -0.2) is 0 Å². The number of esters is 2. The Balaban J connectivity index is 4.41. The van der Waals surface area contributed by atoms with E-state index in [-0.39, 0.29) is 25.2 Å². The molecular formula is C59H100O5. The van der Waals surface area contributed by atoms with Crippen LogP contribution in [0.3, 0.4) is 0 Å². The van der Waals surface area contributed by atoms with Gasteiger partial charge >= 0.3 is 11.9 Å². The van der Waals surface area contributed by atoms with Crippen LogP contribution in [0.15, 0.2) is 97.2 Å². The number of unbranched alkanes of at least 4 members (excludes halogenated alkanes) is 21. The summed E-state index contributed by atoms with van der Waals surface area (Å²) in [5, 5.41) is 0. The fourth-order valence-electron chi connectivity index (χ4n) is 7.10. The predicted molar refractivity (Wildman–Crippen MR) is 279 cm³/mol. The molecule has 0 bridgehead atoms. The maximum absolute atomic E-state index is 12.8. The van der Waals surface area contributed by atoms with Gasteiger partial charge in [0, 0.05) is 19.4 Å². The van der Waals surface area contributed by atoms with E-state index in [2.05, 4.69) is 118 Å². The van der Waals surface area contributed by atoms with Gasteiger partial charge in [0.15, 0.2) is 6.10 Å². The number of ether oxygens (including phenoxy) is 3. The van der Waals surface area contributed by atoms with E-state index in [4.69, 9.17) is 14.2 Å². The summed E-state index contributed by atoms with van der Waals surface area (Å²) in [7, 11) is 0. The monoisotopic (exact) mass is 889 g/mol. The molecule has 0 aliphatic rings. The van der Waals surface area contributed by atoms with Crippen molar-refractivity contribution in [2.24, 2.45) is 0 Å². The molecule has 1 unspecified atom stereocenters. The van der Waals surface area contributed by atoms with Gasteiger partial charge < -0.3 is 14.2 Å². The molecule has 0 aromatic carbocycles. The molecule has 5 nitrogen and oxygen atoms in total. The third-order valence-corrected chi connectivity index (χ3v) is 11.1. The van der Waals surface area contributed by atoms with Crippen LogP contribution in [0, 0.1) is 0 Å². The highest BCUT2D eigenvalue weighted by Gasteiger charge is 2.17. The topological polar surface area (TPSA) is 61.8 Å². The van der Waals surface area contributed by atoms with Crippen molar-refractivity contribution < 1.29 is 23.8 Å². The SMILES string of the molecule is CC/C=C\C/C=C\C/C=C\C/C=C\C/C=C\CCCC(=O)OCC(COCCCCCCCC/C=C\C/C=C\CCCCC)OC(=O)CCCCCCC/C=C\CCCCCCCC. The third kappa shape index (κ3) is 51.5. The first-order valence-corrected chi connectivity index (χ1v) is 26.8. The lowest BCUT2D eigenvalue weighted by Crippen LogP contribution is -2.30. The third-order valence-electron chi connectivity index (χ3n) is 11.1. The summed E-state index contributed by atoms with van der Waals surface area (Å²) in [5.41, 5.74) is 0. The number of rotatable bonds is 48. The zero-order valence-corrected chi connectivity index (χ0v) is 42.0. The van der Waals surface area contributed by atoms with Crippen molar-refractivity contribution in [2.45, 2.75) is 245 Å². The van der Waals surface area contributed by atoms with Gasteiger partial charge in [-0.1, -0.05) is 208 Å². The van der Waals surface area contributed by atoms with Gasteiger partial charge in [0.05, 0.1) is 6.61 Å². The van der Waals surface area contributed by atoms with Gasteiger partial charge in [-0.2, -0.15) is 0 Å². The van der Waals surface area contributed by atoms with E-state index in [0.29, 0.717) is 19.4 Å². The Labute approximate surface area is 396 Å². The Morgan fingerprint density at radius 1 is 0.359 bits per heavy atom. The van der Waals surface area contributed by atoms with Crippen LogP contribution >= 0.6 is 0 Å². The van der Waals surface area contributed by atoms with Crippen LogP contribution in [-0.2, 0) is 23.8 Å². The summed E-state index contributed by atoms with van der Waals surface area (Å²) in [6.07, 6.45) is 72.8. The van der Waals surface area contributed by atoms with Crippen LogP contribution in [0.5, 0.6) is 0 Å². The first kappa shape index (κ1) is 60.8. The van der Waals surface area contributed by atoms with E-state index >= 15 is 0 Å². The molecule has 0 aromatic heterocycles. The van der Waals surface area contributed by atoms with Crippen molar-refractivity contribution in [3.63, 3.8) is 0 Å². The van der Waals surface area contributed by atoms with Crippen LogP contribution in [0.1, 0.15) is 239 Å². The maximum atomic E-state index is 12.8. The second-order valence-corrected chi connectivity index (χ2v) is 17.4. The van der Waals surface area contributed by atoms with Crippen LogP contribution < -0.4 is 0 Å². The van der Waals surface area contributed by atoms with Gasteiger partial charge in [0.2, 0.25) is 0 Å². The molecule has 366 valence electrons. The largest absolute Gasteiger partial charge is 0.462 e. The van der Waals surface area contributed by atoms with E-state index in [1.165, 1.54) is 116 Å². The molecule has 0 amide bonds. The molecule has 0 saturated heterocycles. The van der Waals surface area contributed by atoms with Crippen molar-refractivity contribution in [3.8, 4) is 0 Å². The van der Waals surface area contributed by atoms with E-state index < -0.39 is 6.10 Å². The second kappa shape index (κ2) is 54.2. The number of allylic oxidation sites excluding steroid dienone is 16. The number of hydrogen-bond acceptors (Lipinski definition) is 5. The van der Waals surface area contributed by atoms with Crippen LogP contribution in [-0.4, -0.2) is 37.9 Å². The van der Waals surface area contributed by atoms with Crippen LogP contribution in [0.4, 0.5) is 0 Å². The summed E-state index contributed by atoms with van der Waals surface area (Å²) in [6.45, 7) is 7.60. The van der Waals surface area contributed by atoms with Crippen molar-refractivity contribution in [2.75, 3.05) is 19.8 Å².